The van der Waals surface area contributed by atoms with Crippen molar-refractivity contribution in [3.8, 4) is 0 Å². The Morgan fingerprint density at radius 3 is 2.78 bits per heavy atom. The summed E-state index contributed by atoms with van der Waals surface area (Å²) in [5, 5.41) is 3.85. The lowest BCUT2D eigenvalue weighted by Crippen LogP contribution is -2.11. The van der Waals surface area contributed by atoms with Gasteiger partial charge in [0.15, 0.2) is 0 Å². The summed E-state index contributed by atoms with van der Waals surface area (Å²) in [7, 11) is 1.76. The summed E-state index contributed by atoms with van der Waals surface area (Å²) in [5.41, 5.74) is 5.22. The largest absolute Gasteiger partial charge is 0.387 e. The molecule has 1 rings (SSSR count). The third kappa shape index (κ3) is 1.23. The number of nitrogens with zero attached hydrogens (tertiary/aromatic N) is 3. The molecule has 4 nitrogen and oxygen atoms in total. The molecule has 9 heavy (non-hydrogen) atoms. The first-order chi connectivity index (χ1) is 4.20. The Morgan fingerprint density at radius 2 is 2.56 bits per heavy atom. The Bertz CT molecular complexity index is 228. The molecule has 0 radical (unpaired) electrons. The molecule has 0 aliphatic rings. The van der Waals surface area contributed by atoms with Gasteiger partial charge in [0.05, 0.1) is 0 Å². The molecule has 2 N–H and O–H groups in total. The molecule has 5 heteroatoms. The van der Waals surface area contributed by atoms with Crippen LogP contribution in [0.2, 0.25) is 0 Å². The van der Waals surface area contributed by atoms with Gasteiger partial charge in [-0.25, -0.2) is 4.98 Å². The topological polar surface area (TPSA) is 56.7 Å². The van der Waals surface area contributed by atoms with E-state index in [9.17, 15) is 0 Å². The van der Waals surface area contributed by atoms with E-state index in [1.54, 1.807) is 18.1 Å². The number of aryl methyl sites for hydroxylation is 1. The second-order valence-electron chi connectivity index (χ2n) is 1.61. The van der Waals surface area contributed by atoms with Gasteiger partial charge >= 0.3 is 0 Å². The minimum Gasteiger partial charge on any atom is -0.387 e. The number of hydrogen-bond acceptors (Lipinski definition) is 3. The van der Waals surface area contributed by atoms with Gasteiger partial charge in [0, 0.05) is 7.05 Å². The molecule has 0 atom stereocenters. The Kier molecular flexibility index (Phi) is 1.44. The molecule has 0 unspecified atom stereocenters. The molecule has 1 heterocycles. The molecule has 48 valence electrons. The number of thiocarbonyl (C=S) groups is 1. The Morgan fingerprint density at radius 1 is 1.89 bits per heavy atom. The lowest BCUT2D eigenvalue weighted by Gasteiger charge is -1.84. The molecule has 0 saturated carbocycles. The zero-order chi connectivity index (χ0) is 6.85. The quantitative estimate of drug-likeness (QED) is 0.534. The Labute approximate surface area is 57.7 Å². The normalized spacial score (nSPS) is 9.44. The number of hydrogen-bond donors (Lipinski definition) is 1. The maximum absolute atomic E-state index is 5.22. The van der Waals surface area contributed by atoms with E-state index in [2.05, 4.69) is 22.3 Å². The zero-order valence-corrected chi connectivity index (χ0v) is 5.72. The Balaban J connectivity index is 2.98. The summed E-state index contributed by atoms with van der Waals surface area (Å²) >= 11 is 4.61. The van der Waals surface area contributed by atoms with Gasteiger partial charge in [-0.05, 0) is 0 Å². The van der Waals surface area contributed by atoms with Gasteiger partial charge in [0.2, 0.25) is 5.82 Å². The van der Waals surface area contributed by atoms with Crippen molar-refractivity contribution in [1.29, 1.82) is 0 Å². The highest BCUT2D eigenvalue weighted by Crippen LogP contribution is 1.84. The molecule has 1 aromatic rings. The van der Waals surface area contributed by atoms with E-state index in [0.29, 0.717) is 5.82 Å². The summed E-state index contributed by atoms with van der Waals surface area (Å²) < 4.78 is 1.55. The van der Waals surface area contributed by atoms with Crippen LogP contribution in [0.15, 0.2) is 6.33 Å². The highest BCUT2D eigenvalue weighted by molar-refractivity contribution is 7.80. The highest BCUT2D eigenvalue weighted by atomic mass is 32.1. The van der Waals surface area contributed by atoms with Gasteiger partial charge in [-0.2, -0.15) is 0 Å². The molecule has 0 saturated heterocycles. The molecule has 0 aliphatic carbocycles. The average Bonchev–Trinajstić information content (AvgIpc) is 2.14. The second-order valence-corrected chi connectivity index (χ2v) is 2.05. The average molecular weight is 142 g/mol. The first kappa shape index (κ1) is 6.15. The monoisotopic (exact) mass is 142 g/mol. The Hall–Kier alpha value is -0.970. The van der Waals surface area contributed by atoms with E-state index < -0.39 is 0 Å². The number of aromatic nitrogens is 3. The van der Waals surface area contributed by atoms with E-state index >= 15 is 0 Å². The smallest absolute Gasteiger partial charge is 0.208 e. The van der Waals surface area contributed by atoms with Crippen molar-refractivity contribution >= 4 is 17.2 Å². The van der Waals surface area contributed by atoms with Crippen LogP contribution in [0.1, 0.15) is 5.82 Å². The molecule has 0 amide bonds. The van der Waals surface area contributed by atoms with Crippen molar-refractivity contribution in [2.75, 3.05) is 0 Å². The molecule has 0 bridgehead atoms. The van der Waals surface area contributed by atoms with E-state index in [4.69, 9.17) is 5.73 Å². The van der Waals surface area contributed by atoms with Crippen molar-refractivity contribution in [3.05, 3.63) is 12.2 Å². The van der Waals surface area contributed by atoms with Crippen LogP contribution in [0.5, 0.6) is 0 Å². The second kappa shape index (κ2) is 2.10. The maximum Gasteiger partial charge on any atom is 0.208 e. The maximum atomic E-state index is 5.22. The van der Waals surface area contributed by atoms with Gasteiger partial charge in [-0.3, -0.25) is 4.68 Å². The fourth-order valence-electron chi connectivity index (χ4n) is 0.452. The van der Waals surface area contributed by atoms with Crippen molar-refractivity contribution in [2.24, 2.45) is 12.8 Å². The minimum absolute atomic E-state index is 0.232. The molecule has 0 spiro atoms. The third-order valence-electron chi connectivity index (χ3n) is 0.820. The molecule has 0 aliphatic heterocycles. The molecular weight excluding hydrogens is 136 g/mol. The van der Waals surface area contributed by atoms with Gasteiger partial charge in [-0.1, -0.05) is 12.2 Å². The standard InChI is InChI=1S/C4H6N4S/c1-8-2-6-4(7-8)3(5)9/h2H,1H3,(H2,5,9). The predicted octanol–water partition coefficient (Wildman–Crippen LogP) is -0.551. The van der Waals surface area contributed by atoms with Crippen molar-refractivity contribution < 1.29 is 0 Å². The summed E-state index contributed by atoms with van der Waals surface area (Å²) in [6, 6.07) is 0. The summed E-state index contributed by atoms with van der Waals surface area (Å²) in [6.07, 6.45) is 1.55. The number of nitrogens with two attached hydrogens (primary N) is 1. The molecule has 0 fully saturated rings. The van der Waals surface area contributed by atoms with Gasteiger partial charge in [0.1, 0.15) is 11.3 Å². The van der Waals surface area contributed by atoms with Crippen molar-refractivity contribution in [3.63, 3.8) is 0 Å². The lowest BCUT2D eigenvalue weighted by atomic mass is 10.6. The first-order valence-corrected chi connectivity index (χ1v) is 2.76. The van der Waals surface area contributed by atoms with E-state index in [1.165, 1.54) is 0 Å². The molecule has 0 aromatic carbocycles. The zero-order valence-electron chi connectivity index (χ0n) is 4.90. The molecule has 1 aromatic heterocycles. The lowest BCUT2D eigenvalue weighted by molar-refractivity contribution is 0.763. The van der Waals surface area contributed by atoms with Crippen LogP contribution in [0.4, 0.5) is 0 Å². The van der Waals surface area contributed by atoms with Gasteiger partial charge in [-0.15, -0.1) is 5.10 Å². The van der Waals surface area contributed by atoms with E-state index in [-0.39, 0.29) is 4.99 Å². The van der Waals surface area contributed by atoms with E-state index in [0.717, 1.165) is 0 Å². The van der Waals surface area contributed by atoms with Crippen LogP contribution in [-0.2, 0) is 7.05 Å². The van der Waals surface area contributed by atoms with Crippen LogP contribution in [0.25, 0.3) is 0 Å². The predicted molar refractivity (Wildman–Crippen MR) is 36.9 cm³/mol. The molecular formula is C4H6N4S. The fourth-order valence-corrected chi connectivity index (χ4v) is 0.546. The van der Waals surface area contributed by atoms with Crippen LogP contribution >= 0.6 is 12.2 Å². The van der Waals surface area contributed by atoms with Crippen molar-refractivity contribution in [1.82, 2.24) is 14.8 Å². The highest BCUT2D eigenvalue weighted by Gasteiger charge is 1.98. The minimum atomic E-state index is 0.232. The van der Waals surface area contributed by atoms with Crippen LogP contribution < -0.4 is 5.73 Å². The SMILES string of the molecule is Cn1cnc(C(N)=S)n1. The van der Waals surface area contributed by atoms with Crippen LogP contribution in [0, 0.1) is 0 Å². The van der Waals surface area contributed by atoms with Crippen molar-refractivity contribution in [2.45, 2.75) is 0 Å². The van der Waals surface area contributed by atoms with Crippen LogP contribution in [0.3, 0.4) is 0 Å². The van der Waals surface area contributed by atoms with Gasteiger partial charge < -0.3 is 5.73 Å². The number of rotatable bonds is 1. The van der Waals surface area contributed by atoms with Crippen LogP contribution in [-0.4, -0.2) is 19.8 Å². The fraction of sp³-hybridized carbons (Fsp3) is 0.250. The third-order valence-corrected chi connectivity index (χ3v) is 1.00. The van der Waals surface area contributed by atoms with Gasteiger partial charge in [0.25, 0.3) is 0 Å². The summed E-state index contributed by atoms with van der Waals surface area (Å²) in [4.78, 5) is 4.03. The van der Waals surface area contributed by atoms with E-state index in [1.807, 2.05) is 0 Å². The first-order valence-electron chi connectivity index (χ1n) is 2.35. The summed E-state index contributed by atoms with van der Waals surface area (Å²) in [5.74, 6) is 0.424. The summed E-state index contributed by atoms with van der Waals surface area (Å²) in [6.45, 7) is 0.